The third-order valence-electron chi connectivity index (χ3n) is 4.36. The molecular formula is C18H19FN2O4. The highest BCUT2D eigenvalue weighted by molar-refractivity contribution is 5.96. The fraction of sp³-hybridized carbons (Fsp3) is 0.333. The van der Waals surface area contributed by atoms with Gasteiger partial charge in [0.25, 0.3) is 5.91 Å². The van der Waals surface area contributed by atoms with Crippen molar-refractivity contribution in [2.75, 3.05) is 19.7 Å². The molecule has 7 heteroatoms. The van der Waals surface area contributed by atoms with Crippen LogP contribution in [0.1, 0.15) is 21.7 Å². The third kappa shape index (κ3) is 3.28. The number of rotatable bonds is 3. The number of amides is 1. The molecule has 132 valence electrons. The number of hydrogen-bond donors (Lipinski definition) is 1. The second kappa shape index (κ2) is 6.68. The number of aryl methyl sites for hydroxylation is 1. The van der Waals surface area contributed by atoms with Gasteiger partial charge in [0.15, 0.2) is 6.10 Å². The topological polar surface area (TPSA) is 71.8 Å². The molecule has 0 spiro atoms. The smallest absolute Gasteiger partial charge is 0.334 e. The molecule has 1 fully saturated rings. The second-order valence-electron chi connectivity index (χ2n) is 6.05. The van der Waals surface area contributed by atoms with Crippen LogP contribution in [-0.4, -0.2) is 52.3 Å². The van der Waals surface area contributed by atoms with Crippen LogP contribution in [0.4, 0.5) is 4.39 Å². The maximum atomic E-state index is 13.5. The predicted molar refractivity (Wildman–Crippen MR) is 88.5 cm³/mol. The first-order valence-corrected chi connectivity index (χ1v) is 7.97. The molecule has 2 aromatic rings. The zero-order chi connectivity index (χ0) is 18.1. The Morgan fingerprint density at radius 1 is 1.28 bits per heavy atom. The number of nitrogens with zero attached hydrogens (tertiary/aromatic N) is 2. The van der Waals surface area contributed by atoms with Crippen molar-refractivity contribution in [3.63, 3.8) is 0 Å². The van der Waals surface area contributed by atoms with E-state index in [1.54, 1.807) is 25.1 Å². The van der Waals surface area contributed by atoms with Crippen LogP contribution in [0.2, 0.25) is 0 Å². The SMILES string of the molecule is Cc1cc(C(=O)N2CCO[C@@H](C(=O)O)C2)c(C)n1-c1cccc(F)c1. The number of benzene rings is 1. The summed E-state index contributed by atoms with van der Waals surface area (Å²) >= 11 is 0. The number of hydrogen-bond acceptors (Lipinski definition) is 3. The Kier molecular flexibility index (Phi) is 4.59. The monoisotopic (exact) mass is 346 g/mol. The highest BCUT2D eigenvalue weighted by atomic mass is 19.1. The first-order valence-electron chi connectivity index (χ1n) is 7.97. The van der Waals surface area contributed by atoms with E-state index >= 15 is 0 Å². The predicted octanol–water partition coefficient (Wildman–Crippen LogP) is 2.16. The van der Waals surface area contributed by atoms with Gasteiger partial charge in [-0.15, -0.1) is 0 Å². The van der Waals surface area contributed by atoms with Gasteiger partial charge < -0.3 is 19.3 Å². The molecule has 25 heavy (non-hydrogen) atoms. The van der Waals surface area contributed by atoms with Gasteiger partial charge in [-0.25, -0.2) is 9.18 Å². The summed E-state index contributed by atoms with van der Waals surface area (Å²) in [5, 5.41) is 9.08. The summed E-state index contributed by atoms with van der Waals surface area (Å²) in [6, 6.07) is 7.90. The van der Waals surface area contributed by atoms with Gasteiger partial charge in [-0.05, 0) is 38.1 Å². The van der Waals surface area contributed by atoms with E-state index in [2.05, 4.69) is 0 Å². The number of carbonyl (C=O) groups is 2. The molecule has 1 atom stereocenters. The van der Waals surface area contributed by atoms with Crippen molar-refractivity contribution < 1.29 is 23.8 Å². The number of carboxylic acids is 1. The molecule has 1 aromatic heterocycles. The zero-order valence-electron chi connectivity index (χ0n) is 14.0. The van der Waals surface area contributed by atoms with Crippen LogP contribution in [0.5, 0.6) is 0 Å². The van der Waals surface area contributed by atoms with Crippen molar-refractivity contribution in [2.45, 2.75) is 20.0 Å². The molecule has 0 bridgehead atoms. The van der Waals surface area contributed by atoms with E-state index in [0.717, 1.165) is 5.69 Å². The Balaban J connectivity index is 1.92. The number of carbonyl (C=O) groups excluding carboxylic acids is 1. The van der Waals surface area contributed by atoms with Crippen molar-refractivity contribution in [3.8, 4) is 5.69 Å². The van der Waals surface area contributed by atoms with Crippen LogP contribution < -0.4 is 0 Å². The Bertz CT molecular complexity index is 830. The molecular weight excluding hydrogens is 327 g/mol. The van der Waals surface area contributed by atoms with Crippen LogP contribution in [0.15, 0.2) is 30.3 Å². The van der Waals surface area contributed by atoms with Gasteiger partial charge in [0.2, 0.25) is 0 Å². The van der Waals surface area contributed by atoms with Gasteiger partial charge in [0.05, 0.1) is 18.7 Å². The molecule has 0 aliphatic carbocycles. The van der Waals surface area contributed by atoms with Crippen LogP contribution >= 0.6 is 0 Å². The number of morpholine rings is 1. The summed E-state index contributed by atoms with van der Waals surface area (Å²) in [6.07, 6.45) is -1.01. The van der Waals surface area contributed by atoms with Crippen LogP contribution in [-0.2, 0) is 9.53 Å². The maximum absolute atomic E-state index is 13.5. The molecule has 1 N–H and O–H groups in total. The van der Waals surface area contributed by atoms with Crippen molar-refractivity contribution in [3.05, 3.63) is 53.1 Å². The summed E-state index contributed by atoms with van der Waals surface area (Å²) in [7, 11) is 0. The van der Waals surface area contributed by atoms with Gasteiger partial charge in [0, 0.05) is 23.6 Å². The van der Waals surface area contributed by atoms with Gasteiger partial charge in [-0.3, -0.25) is 4.79 Å². The number of carboxylic acid groups (broad SMARTS) is 1. The fourth-order valence-corrected chi connectivity index (χ4v) is 3.15. The molecule has 2 heterocycles. The Labute approximate surface area is 144 Å². The molecule has 1 amide bonds. The molecule has 0 radical (unpaired) electrons. The highest BCUT2D eigenvalue weighted by Gasteiger charge is 2.31. The van der Waals surface area contributed by atoms with E-state index in [4.69, 9.17) is 9.84 Å². The zero-order valence-corrected chi connectivity index (χ0v) is 14.0. The standard InChI is InChI=1S/C18H19FN2O4/c1-11-8-15(12(2)21(11)14-5-3-4-13(19)9-14)17(22)20-6-7-25-16(10-20)18(23)24/h3-5,8-9,16H,6-7,10H2,1-2H3,(H,23,24)/t16-/m1/s1. The number of ether oxygens (including phenoxy) is 1. The van der Waals surface area contributed by atoms with Gasteiger partial charge >= 0.3 is 5.97 Å². The summed E-state index contributed by atoms with van der Waals surface area (Å²) in [5.41, 5.74) is 2.60. The van der Waals surface area contributed by atoms with E-state index in [9.17, 15) is 14.0 Å². The lowest BCUT2D eigenvalue weighted by atomic mass is 10.2. The maximum Gasteiger partial charge on any atom is 0.334 e. The Morgan fingerprint density at radius 2 is 2.04 bits per heavy atom. The minimum Gasteiger partial charge on any atom is -0.479 e. The van der Waals surface area contributed by atoms with Crippen molar-refractivity contribution in [1.82, 2.24) is 9.47 Å². The first-order chi connectivity index (χ1) is 11.9. The normalized spacial score (nSPS) is 17.6. The minimum atomic E-state index is -1.08. The molecule has 6 nitrogen and oxygen atoms in total. The average Bonchev–Trinajstić information content (AvgIpc) is 2.88. The number of aromatic nitrogens is 1. The van der Waals surface area contributed by atoms with Crippen LogP contribution in [0.3, 0.4) is 0 Å². The van der Waals surface area contributed by atoms with E-state index in [0.29, 0.717) is 23.5 Å². The molecule has 3 rings (SSSR count). The average molecular weight is 346 g/mol. The molecule has 1 saturated heterocycles. The molecule has 0 saturated carbocycles. The quantitative estimate of drug-likeness (QED) is 0.924. The van der Waals surface area contributed by atoms with Crippen molar-refractivity contribution >= 4 is 11.9 Å². The van der Waals surface area contributed by atoms with Crippen LogP contribution in [0.25, 0.3) is 5.69 Å². The third-order valence-corrected chi connectivity index (χ3v) is 4.36. The lowest BCUT2D eigenvalue weighted by Crippen LogP contribution is -2.48. The number of halogens is 1. The molecule has 0 unspecified atom stereocenters. The second-order valence-corrected chi connectivity index (χ2v) is 6.05. The van der Waals surface area contributed by atoms with E-state index in [1.807, 2.05) is 11.5 Å². The van der Waals surface area contributed by atoms with Gasteiger partial charge in [0.1, 0.15) is 5.82 Å². The van der Waals surface area contributed by atoms with Crippen molar-refractivity contribution in [1.29, 1.82) is 0 Å². The Hall–Kier alpha value is -2.67. The lowest BCUT2D eigenvalue weighted by Gasteiger charge is -2.30. The van der Waals surface area contributed by atoms with Gasteiger partial charge in [-0.1, -0.05) is 6.07 Å². The summed E-state index contributed by atoms with van der Waals surface area (Å²) in [6.45, 7) is 4.17. The first kappa shape index (κ1) is 17.2. The molecule has 1 aliphatic rings. The Morgan fingerprint density at radius 3 is 2.72 bits per heavy atom. The summed E-state index contributed by atoms with van der Waals surface area (Å²) in [4.78, 5) is 25.4. The van der Waals surface area contributed by atoms with Crippen molar-refractivity contribution in [2.24, 2.45) is 0 Å². The van der Waals surface area contributed by atoms with E-state index in [1.165, 1.54) is 17.0 Å². The van der Waals surface area contributed by atoms with E-state index in [-0.39, 0.29) is 24.9 Å². The van der Waals surface area contributed by atoms with E-state index < -0.39 is 12.1 Å². The highest BCUT2D eigenvalue weighted by Crippen LogP contribution is 2.23. The fourth-order valence-electron chi connectivity index (χ4n) is 3.15. The van der Waals surface area contributed by atoms with Gasteiger partial charge in [-0.2, -0.15) is 0 Å². The van der Waals surface area contributed by atoms with Crippen LogP contribution in [0, 0.1) is 19.7 Å². The largest absolute Gasteiger partial charge is 0.479 e. The molecule has 1 aromatic carbocycles. The lowest BCUT2D eigenvalue weighted by molar-refractivity contribution is -0.154. The summed E-state index contributed by atoms with van der Waals surface area (Å²) in [5.74, 6) is -1.68. The molecule has 1 aliphatic heterocycles. The minimum absolute atomic E-state index is 0.0117. The number of aliphatic carboxylic acids is 1. The summed E-state index contributed by atoms with van der Waals surface area (Å²) < 4.78 is 20.5.